The Bertz CT molecular complexity index is 563. The molecule has 0 radical (unpaired) electrons. The number of hydrogen-bond acceptors (Lipinski definition) is 2. The largest absolute Gasteiger partial charge is 0.478 e. The van der Waals surface area contributed by atoms with E-state index in [0.717, 1.165) is 18.4 Å². The van der Waals surface area contributed by atoms with Gasteiger partial charge in [0.05, 0.1) is 5.56 Å². The number of rotatable bonds is 5. The lowest BCUT2D eigenvalue weighted by molar-refractivity contribution is 0.0697. The Hall–Kier alpha value is -2.04. The van der Waals surface area contributed by atoms with E-state index in [-0.39, 0.29) is 17.0 Å². The summed E-state index contributed by atoms with van der Waals surface area (Å²) in [6.07, 6.45) is 2.33. The number of carbonyl (C=O) groups excluding carboxylic acids is 1. The summed E-state index contributed by atoms with van der Waals surface area (Å²) in [5, 5.41) is 14.6. The Morgan fingerprint density at radius 1 is 1.33 bits per heavy atom. The van der Waals surface area contributed by atoms with Crippen molar-refractivity contribution < 1.29 is 14.7 Å². The maximum Gasteiger partial charge on any atom is 0.335 e. The third-order valence-electron chi connectivity index (χ3n) is 4.44. The van der Waals surface area contributed by atoms with Crippen LogP contribution < -0.4 is 10.6 Å². The van der Waals surface area contributed by atoms with Crippen molar-refractivity contribution in [3.63, 3.8) is 0 Å². The van der Waals surface area contributed by atoms with Crippen LogP contribution in [0.3, 0.4) is 0 Å². The highest BCUT2D eigenvalue weighted by molar-refractivity contribution is 5.92. The number of benzene rings is 1. The van der Waals surface area contributed by atoms with E-state index in [1.54, 1.807) is 19.1 Å². The van der Waals surface area contributed by atoms with Crippen molar-refractivity contribution in [2.45, 2.75) is 33.6 Å². The molecule has 0 unspecified atom stereocenters. The van der Waals surface area contributed by atoms with Crippen LogP contribution >= 0.6 is 0 Å². The zero-order chi connectivity index (χ0) is 15.6. The minimum atomic E-state index is -0.971. The van der Waals surface area contributed by atoms with Gasteiger partial charge in [0.25, 0.3) is 0 Å². The average Bonchev–Trinajstić information content (AvgIpc) is 3.20. The van der Waals surface area contributed by atoms with Crippen molar-refractivity contribution >= 4 is 17.7 Å². The van der Waals surface area contributed by atoms with E-state index in [0.29, 0.717) is 18.2 Å². The van der Waals surface area contributed by atoms with Gasteiger partial charge in [0.15, 0.2) is 0 Å². The lowest BCUT2D eigenvalue weighted by atomic mass is 9.92. The molecule has 1 aliphatic carbocycles. The average molecular weight is 290 g/mol. The Morgan fingerprint density at radius 3 is 2.48 bits per heavy atom. The Morgan fingerprint density at radius 2 is 2.00 bits per heavy atom. The Balaban J connectivity index is 1.92. The molecule has 0 aromatic heterocycles. The Labute approximate surface area is 124 Å². The standard InChI is InChI=1S/C16H22N2O3/c1-10(2)16(6-7-16)9-17-15(21)18-13-5-4-12(14(19)20)8-11(13)3/h4-5,8,10H,6-7,9H2,1-3H3,(H,19,20)(H2,17,18,21). The summed E-state index contributed by atoms with van der Waals surface area (Å²) in [5.41, 5.74) is 1.84. The first-order valence-corrected chi connectivity index (χ1v) is 7.23. The molecule has 1 saturated carbocycles. The third kappa shape index (κ3) is 3.54. The Kier molecular flexibility index (Phi) is 4.21. The van der Waals surface area contributed by atoms with Crippen molar-refractivity contribution in [3.05, 3.63) is 29.3 Å². The first kappa shape index (κ1) is 15.4. The minimum absolute atomic E-state index is 0.218. The molecular weight excluding hydrogens is 268 g/mol. The molecule has 1 aliphatic rings. The SMILES string of the molecule is Cc1cc(C(=O)O)ccc1NC(=O)NCC1(C(C)C)CC1. The maximum absolute atomic E-state index is 11.9. The van der Waals surface area contributed by atoms with Crippen molar-refractivity contribution in [2.24, 2.45) is 11.3 Å². The van der Waals surface area contributed by atoms with Crippen molar-refractivity contribution in [1.82, 2.24) is 5.32 Å². The van der Waals surface area contributed by atoms with Gasteiger partial charge in [0.1, 0.15) is 0 Å². The molecule has 1 aromatic carbocycles. The van der Waals surface area contributed by atoms with Crippen LogP contribution in [0.1, 0.15) is 42.6 Å². The number of aryl methyl sites for hydroxylation is 1. The fraction of sp³-hybridized carbons (Fsp3) is 0.500. The molecule has 0 heterocycles. The topological polar surface area (TPSA) is 78.4 Å². The van der Waals surface area contributed by atoms with Crippen LogP contribution in [0.25, 0.3) is 0 Å². The van der Waals surface area contributed by atoms with Crippen LogP contribution in [0.15, 0.2) is 18.2 Å². The van der Waals surface area contributed by atoms with E-state index in [4.69, 9.17) is 5.11 Å². The zero-order valence-electron chi connectivity index (χ0n) is 12.7. The monoisotopic (exact) mass is 290 g/mol. The lowest BCUT2D eigenvalue weighted by Crippen LogP contribution is -2.35. The lowest BCUT2D eigenvalue weighted by Gasteiger charge is -2.20. The molecule has 1 aromatic rings. The van der Waals surface area contributed by atoms with Crippen LogP contribution in [0, 0.1) is 18.3 Å². The second-order valence-electron chi connectivity index (χ2n) is 6.16. The number of carboxylic acids is 1. The number of urea groups is 1. The van der Waals surface area contributed by atoms with Crippen molar-refractivity contribution in [2.75, 3.05) is 11.9 Å². The normalized spacial score (nSPS) is 15.6. The molecule has 3 N–H and O–H groups in total. The first-order valence-electron chi connectivity index (χ1n) is 7.23. The van der Waals surface area contributed by atoms with Gasteiger partial charge in [-0.1, -0.05) is 13.8 Å². The summed E-state index contributed by atoms with van der Waals surface area (Å²) in [6.45, 7) is 6.82. The molecule has 5 nitrogen and oxygen atoms in total. The number of aromatic carboxylic acids is 1. The zero-order valence-corrected chi connectivity index (χ0v) is 12.7. The maximum atomic E-state index is 11.9. The number of carboxylic acid groups (broad SMARTS) is 1. The predicted molar refractivity (Wildman–Crippen MR) is 81.7 cm³/mol. The highest BCUT2D eigenvalue weighted by Crippen LogP contribution is 2.51. The van der Waals surface area contributed by atoms with E-state index in [1.165, 1.54) is 6.07 Å². The van der Waals surface area contributed by atoms with Gasteiger partial charge in [-0.2, -0.15) is 0 Å². The van der Waals surface area contributed by atoms with Gasteiger partial charge in [0.2, 0.25) is 0 Å². The number of nitrogens with one attached hydrogen (secondary N) is 2. The minimum Gasteiger partial charge on any atom is -0.478 e. The summed E-state index contributed by atoms with van der Waals surface area (Å²) in [7, 11) is 0. The van der Waals surface area contributed by atoms with E-state index >= 15 is 0 Å². The first-order chi connectivity index (χ1) is 9.84. The highest BCUT2D eigenvalue weighted by Gasteiger charge is 2.45. The van der Waals surface area contributed by atoms with E-state index in [9.17, 15) is 9.59 Å². The molecule has 5 heteroatoms. The van der Waals surface area contributed by atoms with Crippen LogP contribution in [-0.2, 0) is 0 Å². The van der Waals surface area contributed by atoms with Crippen molar-refractivity contribution in [3.8, 4) is 0 Å². The molecule has 0 spiro atoms. The molecule has 0 atom stereocenters. The summed E-state index contributed by atoms with van der Waals surface area (Å²) in [6, 6.07) is 4.41. The molecule has 2 rings (SSSR count). The van der Waals surface area contributed by atoms with E-state index < -0.39 is 5.97 Å². The van der Waals surface area contributed by atoms with Gasteiger partial charge in [0, 0.05) is 12.2 Å². The second-order valence-corrected chi connectivity index (χ2v) is 6.16. The van der Waals surface area contributed by atoms with Gasteiger partial charge >= 0.3 is 12.0 Å². The van der Waals surface area contributed by atoms with Gasteiger partial charge in [-0.3, -0.25) is 0 Å². The number of anilines is 1. The molecule has 0 saturated heterocycles. The van der Waals surface area contributed by atoms with Crippen LogP contribution in [0.5, 0.6) is 0 Å². The second kappa shape index (κ2) is 5.76. The molecular formula is C16H22N2O3. The van der Waals surface area contributed by atoms with Crippen LogP contribution in [0.2, 0.25) is 0 Å². The molecule has 2 amide bonds. The third-order valence-corrected chi connectivity index (χ3v) is 4.44. The summed E-state index contributed by atoms with van der Waals surface area (Å²) >= 11 is 0. The number of hydrogen-bond donors (Lipinski definition) is 3. The molecule has 21 heavy (non-hydrogen) atoms. The number of carbonyl (C=O) groups is 2. The van der Waals surface area contributed by atoms with Gasteiger partial charge < -0.3 is 15.7 Å². The number of amides is 2. The molecule has 1 fully saturated rings. The summed E-state index contributed by atoms with van der Waals surface area (Å²) < 4.78 is 0. The van der Waals surface area contributed by atoms with Gasteiger partial charge in [-0.25, -0.2) is 9.59 Å². The van der Waals surface area contributed by atoms with E-state index in [2.05, 4.69) is 24.5 Å². The molecule has 114 valence electrons. The smallest absolute Gasteiger partial charge is 0.335 e. The van der Waals surface area contributed by atoms with E-state index in [1.807, 2.05) is 0 Å². The summed E-state index contributed by atoms with van der Waals surface area (Å²) in [5.74, 6) is -0.406. The molecule has 0 bridgehead atoms. The van der Waals surface area contributed by atoms with Crippen molar-refractivity contribution in [1.29, 1.82) is 0 Å². The fourth-order valence-electron chi connectivity index (χ4n) is 2.48. The van der Waals surface area contributed by atoms with Gasteiger partial charge in [-0.05, 0) is 54.9 Å². The predicted octanol–water partition coefficient (Wildman–Crippen LogP) is 3.25. The quantitative estimate of drug-likeness (QED) is 0.779. The summed E-state index contributed by atoms with van der Waals surface area (Å²) in [4.78, 5) is 22.8. The fourth-order valence-corrected chi connectivity index (χ4v) is 2.48. The molecule has 0 aliphatic heterocycles. The van der Waals surface area contributed by atoms with Gasteiger partial charge in [-0.15, -0.1) is 0 Å². The highest BCUT2D eigenvalue weighted by atomic mass is 16.4. The van der Waals surface area contributed by atoms with Crippen LogP contribution in [0.4, 0.5) is 10.5 Å². The van der Waals surface area contributed by atoms with Crippen LogP contribution in [-0.4, -0.2) is 23.7 Å².